The highest BCUT2D eigenvalue weighted by atomic mass is 16.2. The van der Waals surface area contributed by atoms with E-state index in [-0.39, 0.29) is 18.2 Å². The predicted molar refractivity (Wildman–Crippen MR) is 92.2 cm³/mol. The average Bonchev–Trinajstić information content (AvgIpc) is 2.51. The number of carbonyl (C=O) groups excluding carboxylic acids is 2. The Bertz CT molecular complexity index is 723. The minimum absolute atomic E-state index is 0.181. The first-order valence-electron chi connectivity index (χ1n) is 7.64. The minimum atomic E-state index is -0.305. The van der Waals surface area contributed by atoms with Crippen LogP contribution in [0.4, 0.5) is 5.69 Å². The van der Waals surface area contributed by atoms with Crippen molar-refractivity contribution >= 4 is 17.5 Å². The summed E-state index contributed by atoms with van der Waals surface area (Å²) in [5.41, 5.74) is 5.04. The lowest BCUT2D eigenvalue weighted by molar-refractivity contribution is -0.126. The van der Waals surface area contributed by atoms with Crippen molar-refractivity contribution in [2.24, 2.45) is 0 Å². The van der Waals surface area contributed by atoms with Crippen LogP contribution in [0.2, 0.25) is 0 Å². The molecule has 0 aromatic heterocycles. The molecule has 0 heterocycles. The number of amides is 2. The maximum absolute atomic E-state index is 12.0. The van der Waals surface area contributed by atoms with Crippen LogP contribution in [-0.4, -0.2) is 11.8 Å². The van der Waals surface area contributed by atoms with E-state index >= 15 is 0 Å². The largest absolute Gasteiger partial charge is 0.352 e. The van der Waals surface area contributed by atoms with Crippen LogP contribution in [-0.2, 0) is 16.1 Å². The fraction of sp³-hybridized carbons (Fsp3) is 0.263. The monoisotopic (exact) mass is 310 g/mol. The summed E-state index contributed by atoms with van der Waals surface area (Å²) in [4.78, 5) is 23.9. The molecule has 4 heteroatoms. The predicted octanol–water partition coefficient (Wildman–Crippen LogP) is 3.26. The molecule has 0 unspecified atom stereocenters. The Hall–Kier alpha value is -2.62. The van der Waals surface area contributed by atoms with Crippen LogP contribution in [0.1, 0.15) is 28.7 Å². The summed E-state index contributed by atoms with van der Waals surface area (Å²) in [6.45, 7) is 6.36. The second kappa shape index (κ2) is 7.58. The lowest BCUT2D eigenvalue weighted by Crippen LogP contribution is -2.28. The molecule has 0 aliphatic heterocycles. The van der Waals surface area contributed by atoms with E-state index < -0.39 is 0 Å². The van der Waals surface area contributed by atoms with Gasteiger partial charge >= 0.3 is 0 Å². The molecule has 2 amide bonds. The molecule has 0 atom stereocenters. The summed E-state index contributed by atoms with van der Waals surface area (Å²) in [7, 11) is 0. The van der Waals surface area contributed by atoms with Crippen LogP contribution >= 0.6 is 0 Å². The number of rotatable bonds is 5. The van der Waals surface area contributed by atoms with E-state index in [1.165, 1.54) is 0 Å². The Kier molecular flexibility index (Phi) is 5.52. The summed E-state index contributed by atoms with van der Waals surface area (Å²) in [6, 6.07) is 13.6. The summed E-state index contributed by atoms with van der Waals surface area (Å²) >= 11 is 0. The summed E-state index contributed by atoms with van der Waals surface area (Å²) in [6.07, 6.45) is -0.181. The topological polar surface area (TPSA) is 58.2 Å². The smallest absolute Gasteiger partial charge is 0.233 e. The van der Waals surface area contributed by atoms with Crippen molar-refractivity contribution in [1.29, 1.82) is 0 Å². The van der Waals surface area contributed by atoms with Crippen molar-refractivity contribution in [3.63, 3.8) is 0 Å². The molecule has 23 heavy (non-hydrogen) atoms. The van der Waals surface area contributed by atoms with Crippen LogP contribution in [0.15, 0.2) is 42.5 Å². The second-order valence-corrected chi connectivity index (χ2v) is 5.68. The molecule has 0 aliphatic rings. The third kappa shape index (κ3) is 4.68. The zero-order valence-corrected chi connectivity index (χ0v) is 13.8. The molecule has 0 saturated carbocycles. The fourth-order valence-corrected chi connectivity index (χ4v) is 2.29. The van der Waals surface area contributed by atoms with Gasteiger partial charge in [-0.25, -0.2) is 0 Å². The van der Waals surface area contributed by atoms with Crippen molar-refractivity contribution in [1.82, 2.24) is 5.32 Å². The summed E-state index contributed by atoms with van der Waals surface area (Å²) < 4.78 is 0. The highest BCUT2D eigenvalue weighted by molar-refractivity contribution is 6.03. The van der Waals surface area contributed by atoms with Gasteiger partial charge in [-0.3, -0.25) is 9.59 Å². The molecule has 2 aromatic rings. The standard InChI is InChI=1S/C19H22N2O2/c1-13-8-6-10-17(15(13)3)21-19(23)11-18(22)20-12-16-9-5-4-7-14(16)2/h4-10H,11-12H2,1-3H3,(H,20,22)(H,21,23). The first-order valence-corrected chi connectivity index (χ1v) is 7.64. The number of carbonyl (C=O) groups is 2. The van der Waals surface area contributed by atoms with Gasteiger partial charge in [-0.15, -0.1) is 0 Å². The molecule has 120 valence electrons. The third-order valence-electron chi connectivity index (χ3n) is 3.94. The first kappa shape index (κ1) is 16.7. The highest BCUT2D eigenvalue weighted by Crippen LogP contribution is 2.18. The van der Waals surface area contributed by atoms with Crippen LogP contribution in [0.25, 0.3) is 0 Å². The van der Waals surface area contributed by atoms with Gasteiger partial charge in [-0.2, -0.15) is 0 Å². The second-order valence-electron chi connectivity index (χ2n) is 5.68. The van der Waals surface area contributed by atoms with Gasteiger partial charge in [0.2, 0.25) is 11.8 Å². The molecule has 2 rings (SSSR count). The van der Waals surface area contributed by atoms with Crippen molar-refractivity contribution < 1.29 is 9.59 Å². The SMILES string of the molecule is Cc1ccccc1CNC(=O)CC(=O)Nc1cccc(C)c1C. The number of nitrogens with one attached hydrogen (secondary N) is 2. The Labute approximate surface area is 136 Å². The van der Waals surface area contributed by atoms with Gasteiger partial charge in [-0.05, 0) is 49.1 Å². The summed E-state index contributed by atoms with van der Waals surface area (Å²) in [5.74, 6) is -0.586. The lowest BCUT2D eigenvalue weighted by Gasteiger charge is -2.11. The zero-order valence-electron chi connectivity index (χ0n) is 13.8. The molecule has 0 fully saturated rings. The van der Waals surface area contributed by atoms with E-state index in [1.54, 1.807) is 0 Å². The van der Waals surface area contributed by atoms with Crippen LogP contribution in [0.3, 0.4) is 0 Å². The molecular formula is C19H22N2O2. The molecule has 0 spiro atoms. The highest BCUT2D eigenvalue weighted by Gasteiger charge is 2.11. The van der Waals surface area contributed by atoms with Gasteiger partial charge in [0, 0.05) is 12.2 Å². The quantitative estimate of drug-likeness (QED) is 0.833. The van der Waals surface area contributed by atoms with Crippen molar-refractivity contribution in [3.8, 4) is 0 Å². The number of hydrogen-bond donors (Lipinski definition) is 2. The van der Waals surface area contributed by atoms with E-state index in [0.717, 1.165) is 27.9 Å². The van der Waals surface area contributed by atoms with E-state index in [1.807, 2.05) is 63.2 Å². The van der Waals surface area contributed by atoms with Crippen LogP contribution < -0.4 is 10.6 Å². The average molecular weight is 310 g/mol. The molecule has 0 saturated heterocycles. The number of aryl methyl sites for hydroxylation is 2. The van der Waals surface area contributed by atoms with E-state index in [2.05, 4.69) is 10.6 Å². The van der Waals surface area contributed by atoms with Crippen molar-refractivity contribution in [2.75, 3.05) is 5.32 Å². The Morgan fingerprint density at radius 3 is 2.30 bits per heavy atom. The Morgan fingerprint density at radius 2 is 1.57 bits per heavy atom. The van der Waals surface area contributed by atoms with Crippen LogP contribution in [0.5, 0.6) is 0 Å². The lowest BCUT2D eigenvalue weighted by atomic mass is 10.1. The fourth-order valence-electron chi connectivity index (χ4n) is 2.29. The number of benzene rings is 2. The van der Waals surface area contributed by atoms with E-state index in [0.29, 0.717) is 6.54 Å². The molecule has 0 aliphatic carbocycles. The van der Waals surface area contributed by atoms with Gasteiger partial charge in [0.05, 0.1) is 0 Å². The molecule has 2 aromatic carbocycles. The first-order chi connectivity index (χ1) is 11.0. The Balaban J connectivity index is 1.86. The molecule has 2 N–H and O–H groups in total. The molecule has 0 radical (unpaired) electrons. The molecular weight excluding hydrogens is 288 g/mol. The molecule has 0 bridgehead atoms. The van der Waals surface area contributed by atoms with Crippen LogP contribution in [0, 0.1) is 20.8 Å². The van der Waals surface area contributed by atoms with E-state index in [9.17, 15) is 9.59 Å². The van der Waals surface area contributed by atoms with E-state index in [4.69, 9.17) is 0 Å². The van der Waals surface area contributed by atoms with Gasteiger partial charge in [0.25, 0.3) is 0 Å². The maximum atomic E-state index is 12.0. The molecule has 4 nitrogen and oxygen atoms in total. The summed E-state index contributed by atoms with van der Waals surface area (Å²) in [5, 5.41) is 5.57. The Morgan fingerprint density at radius 1 is 0.870 bits per heavy atom. The van der Waals surface area contributed by atoms with Gasteiger partial charge in [0.15, 0.2) is 0 Å². The number of anilines is 1. The van der Waals surface area contributed by atoms with Gasteiger partial charge < -0.3 is 10.6 Å². The van der Waals surface area contributed by atoms with Gasteiger partial charge in [0.1, 0.15) is 6.42 Å². The van der Waals surface area contributed by atoms with Crippen molar-refractivity contribution in [2.45, 2.75) is 33.7 Å². The minimum Gasteiger partial charge on any atom is -0.352 e. The number of hydrogen-bond acceptors (Lipinski definition) is 2. The van der Waals surface area contributed by atoms with Crippen molar-refractivity contribution in [3.05, 3.63) is 64.7 Å². The van der Waals surface area contributed by atoms with Gasteiger partial charge in [-0.1, -0.05) is 36.4 Å². The zero-order chi connectivity index (χ0) is 16.8. The maximum Gasteiger partial charge on any atom is 0.233 e. The third-order valence-corrected chi connectivity index (χ3v) is 3.94. The normalized spacial score (nSPS) is 10.2.